The molecule has 1 unspecified atom stereocenters. The number of benzene rings is 1. The smallest absolute Gasteiger partial charge is 0.311 e. The van der Waals surface area contributed by atoms with Crippen LogP contribution in [-0.4, -0.2) is 15.0 Å². The Morgan fingerprint density at radius 1 is 1.40 bits per heavy atom. The minimum atomic E-state index is -0.660. The number of aryl methyl sites for hydroxylation is 1. The quantitative estimate of drug-likeness (QED) is 0.683. The molecule has 2 aromatic rings. The van der Waals surface area contributed by atoms with Gasteiger partial charge < -0.3 is 9.84 Å². The van der Waals surface area contributed by atoms with Gasteiger partial charge in [-0.05, 0) is 31.0 Å². The summed E-state index contributed by atoms with van der Waals surface area (Å²) >= 11 is 0. The number of aromatic nitrogens is 1. The fourth-order valence-corrected chi connectivity index (χ4v) is 1.76. The van der Waals surface area contributed by atoms with Gasteiger partial charge in [-0.2, -0.15) is 0 Å². The van der Waals surface area contributed by atoms with E-state index in [2.05, 4.69) is 4.98 Å². The molecular weight excluding hydrogens is 260 g/mol. The second kappa shape index (κ2) is 5.66. The molecule has 0 saturated carbocycles. The van der Waals surface area contributed by atoms with E-state index in [4.69, 9.17) is 4.74 Å². The van der Waals surface area contributed by atoms with Crippen LogP contribution < -0.4 is 4.74 Å². The predicted molar refractivity (Wildman–Crippen MR) is 72.8 cm³/mol. The van der Waals surface area contributed by atoms with Crippen molar-refractivity contribution in [2.75, 3.05) is 0 Å². The SMILES string of the molecule is Cc1cccc([N+](=O)[O-])c1Oc1cc(C(C)O)ccn1. The van der Waals surface area contributed by atoms with Gasteiger partial charge in [0.05, 0.1) is 11.0 Å². The molecule has 0 saturated heterocycles. The average molecular weight is 274 g/mol. The molecule has 1 aromatic carbocycles. The van der Waals surface area contributed by atoms with Crippen LogP contribution in [0.5, 0.6) is 11.6 Å². The van der Waals surface area contributed by atoms with E-state index in [9.17, 15) is 15.2 Å². The van der Waals surface area contributed by atoms with Crippen molar-refractivity contribution in [2.45, 2.75) is 20.0 Å². The topological polar surface area (TPSA) is 85.5 Å². The lowest BCUT2D eigenvalue weighted by Crippen LogP contribution is -1.98. The molecule has 20 heavy (non-hydrogen) atoms. The number of aliphatic hydroxyl groups excluding tert-OH is 1. The highest BCUT2D eigenvalue weighted by Crippen LogP contribution is 2.34. The Morgan fingerprint density at radius 2 is 2.15 bits per heavy atom. The van der Waals surface area contributed by atoms with Crippen molar-refractivity contribution >= 4 is 5.69 Å². The fraction of sp³-hybridized carbons (Fsp3) is 0.214. The van der Waals surface area contributed by atoms with Gasteiger partial charge >= 0.3 is 5.69 Å². The van der Waals surface area contributed by atoms with Crippen LogP contribution in [0.15, 0.2) is 36.5 Å². The monoisotopic (exact) mass is 274 g/mol. The number of para-hydroxylation sites is 1. The van der Waals surface area contributed by atoms with E-state index in [1.54, 1.807) is 38.1 Å². The highest BCUT2D eigenvalue weighted by atomic mass is 16.6. The highest BCUT2D eigenvalue weighted by Gasteiger charge is 2.18. The minimum absolute atomic E-state index is 0.116. The van der Waals surface area contributed by atoms with Gasteiger partial charge in [-0.25, -0.2) is 4.98 Å². The lowest BCUT2D eigenvalue weighted by Gasteiger charge is -2.10. The second-order valence-corrected chi connectivity index (χ2v) is 4.39. The third kappa shape index (κ3) is 2.92. The molecule has 0 spiro atoms. The summed E-state index contributed by atoms with van der Waals surface area (Å²) < 4.78 is 5.53. The zero-order chi connectivity index (χ0) is 14.7. The molecule has 104 valence electrons. The maximum atomic E-state index is 11.0. The Bertz CT molecular complexity index is 641. The van der Waals surface area contributed by atoms with Crippen LogP contribution in [0.4, 0.5) is 5.69 Å². The summed E-state index contributed by atoms with van der Waals surface area (Å²) in [5.74, 6) is 0.369. The molecule has 1 atom stereocenters. The van der Waals surface area contributed by atoms with E-state index in [1.165, 1.54) is 12.3 Å². The Kier molecular flexibility index (Phi) is 3.95. The van der Waals surface area contributed by atoms with Gasteiger partial charge in [0, 0.05) is 18.3 Å². The van der Waals surface area contributed by atoms with Crippen molar-refractivity contribution in [3.63, 3.8) is 0 Å². The standard InChI is InChI=1S/C14H14N2O4/c1-9-4-3-5-12(16(18)19)14(9)20-13-8-11(10(2)17)6-7-15-13/h3-8,10,17H,1-2H3. The third-order valence-corrected chi connectivity index (χ3v) is 2.84. The molecule has 0 amide bonds. The molecule has 0 radical (unpaired) electrons. The number of nitro groups is 1. The second-order valence-electron chi connectivity index (χ2n) is 4.39. The van der Waals surface area contributed by atoms with Crippen LogP contribution in [0.3, 0.4) is 0 Å². The zero-order valence-electron chi connectivity index (χ0n) is 11.1. The van der Waals surface area contributed by atoms with Crippen LogP contribution in [0.2, 0.25) is 0 Å². The van der Waals surface area contributed by atoms with Gasteiger partial charge in [0.15, 0.2) is 0 Å². The number of ether oxygens (including phenoxy) is 1. The van der Waals surface area contributed by atoms with Crippen molar-refractivity contribution in [2.24, 2.45) is 0 Å². The molecule has 6 nitrogen and oxygen atoms in total. The van der Waals surface area contributed by atoms with E-state index in [-0.39, 0.29) is 17.3 Å². The molecule has 6 heteroatoms. The molecule has 1 aromatic heterocycles. The van der Waals surface area contributed by atoms with Crippen molar-refractivity contribution in [3.05, 3.63) is 57.8 Å². The average Bonchev–Trinajstić information content (AvgIpc) is 2.41. The lowest BCUT2D eigenvalue weighted by molar-refractivity contribution is -0.385. The van der Waals surface area contributed by atoms with E-state index < -0.39 is 11.0 Å². The summed E-state index contributed by atoms with van der Waals surface area (Å²) in [4.78, 5) is 14.5. The number of hydrogen-bond acceptors (Lipinski definition) is 5. The van der Waals surface area contributed by atoms with E-state index in [0.29, 0.717) is 11.1 Å². The van der Waals surface area contributed by atoms with Crippen LogP contribution in [-0.2, 0) is 0 Å². The van der Waals surface area contributed by atoms with Crippen LogP contribution in [0, 0.1) is 17.0 Å². The molecule has 0 fully saturated rings. The Labute approximate surface area is 115 Å². The molecule has 1 heterocycles. The zero-order valence-corrected chi connectivity index (χ0v) is 11.1. The van der Waals surface area contributed by atoms with Crippen molar-refractivity contribution < 1.29 is 14.8 Å². The maximum absolute atomic E-state index is 11.0. The van der Waals surface area contributed by atoms with E-state index in [0.717, 1.165) is 0 Å². The Morgan fingerprint density at radius 3 is 2.80 bits per heavy atom. The van der Waals surface area contributed by atoms with Gasteiger partial charge in [-0.1, -0.05) is 12.1 Å². The highest BCUT2D eigenvalue weighted by molar-refractivity contribution is 5.52. The van der Waals surface area contributed by atoms with Crippen LogP contribution in [0.1, 0.15) is 24.2 Å². The molecule has 2 rings (SSSR count). The first-order valence-corrected chi connectivity index (χ1v) is 6.05. The molecule has 1 N–H and O–H groups in total. The van der Waals surface area contributed by atoms with Crippen molar-refractivity contribution in [1.29, 1.82) is 0 Å². The van der Waals surface area contributed by atoms with Gasteiger partial charge in [-0.15, -0.1) is 0 Å². The van der Waals surface area contributed by atoms with Gasteiger partial charge in [0.1, 0.15) is 0 Å². The van der Waals surface area contributed by atoms with Gasteiger partial charge in [0.25, 0.3) is 0 Å². The molecular formula is C14H14N2O4. The number of pyridine rings is 1. The summed E-state index contributed by atoms with van der Waals surface area (Å²) in [6.07, 6.45) is 0.828. The van der Waals surface area contributed by atoms with E-state index in [1.807, 2.05) is 0 Å². The summed E-state index contributed by atoms with van der Waals surface area (Å²) in [6.45, 7) is 3.34. The Hall–Kier alpha value is -2.47. The fourth-order valence-electron chi connectivity index (χ4n) is 1.76. The third-order valence-electron chi connectivity index (χ3n) is 2.84. The molecule has 0 bridgehead atoms. The first-order chi connectivity index (χ1) is 9.49. The van der Waals surface area contributed by atoms with Gasteiger partial charge in [0.2, 0.25) is 11.6 Å². The van der Waals surface area contributed by atoms with Crippen LogP contribution in [0.25, 0.3) is 0 Å². The summed E-state index contributed by atoms with van der Waals surface area (Å²) in [5, 5.41) is 20.5. The van der Waals surface area contributed by atoms with Gasteiger partial charge in [-0.3, -0.25) is 10.1 Å². The number of rotatable bonds is 4. The number of aliphatic hydroxyl groups is 1. The summed E-state index contributed by atoms with van der Waals surface area (Å²) in [5.41, 5.74) is 1.16. The number of nitrogens with zero attached hydrogens (tertiary/aromatic N) is 2. The van der Waals surface area contributed by atoms with Crippen LogP contribution >= 0.6 is 0 Å². The van der Waals surface area contributed by atoms with Crippen molar-refractivity contribution in [3.8, 4) is 11.6 Å². The largest absolute Gasteiger partial charge is 0.432 e. The lowest BCUT2D eigenvalue weighted by atomic mass is 10.2. The predicted octanol–water partition coefficient (Wildman–Crippen LogP) is 3.14. The number of hydrogen-bond donors (Lipinski definition) is 1. The van der Waals surface area contributed by atoms with E-state index >= 15 is 0 Å². The first kappa shape index (κ1) is 14.0. The molecule has 0 aliphatic carbocycles. The minimum Gasteiger partial charge on any atom is -0.432 e. The normalized spacial score (nSPS) is 11.9. The maximum Gasteiger partial charge on any atom is 0.311 e. The first-order valence-electron chi connectivity index (χ1n) is 6.05. The molecule has 0 aliphatic heterocycles. The number of nitro benzene ring substituents is 1. The Balaban J connectivity index is 2.40. The summed E-state index contributed by atoms with van der Waals surface area (Å²) in [6, 6.07) is 7.91. The summed E-state index contributed by atoms with van der Waals surface area (Å²) in [7, 11) is 0. The molecule has 0 aliphatic rings. The van der Waals surface area contributed by atoms with Crippen molar-refractivity contribution in [1.82, 2.24) is 4.98 Å².